The van der Waals surface area contributed by atoms with Gasteiger partial charge in [0.2, 0.25) is 0 Å². The number of halogens is 1. The minimum Gasteiger partial charge on any atom is -0.501 e. The Morgan fingerprint density at radius 2 is 1.49 bits per heavy atom. The van der Waals surface area contributed by atoms with Gasteiger partial charge in [0.1, 0.15) is 5.58 Å². The third kappa shape index (κ3) is 8.47. The van der Waals surface area contributed by atoms with Gasteiger partial charge in [-0.1, -0.05) is 129 Å². The van der Waals surface area contributed by atoms with Crippen LogP contribution >= 0.6 is 0 Å². The van der Waals surface area contributed by atoms with Crippen LogP contribution in [0.3, 0.4) is 0 Å². The first-order chi connectivity index (χ1) is 25.8. The Balaban J connectivity index is 0.000000241. The molecule has 0 spiro atoms. The van der Waals surface area contributed by atoms with Gasteiger partial charge in [-0.2, -0.15) is 0 Å². The van der Waals surface area contributed by atoms with Crippen LogP contribution in [0.5, 0.6) is 0 Å². The van der Waals surface area contributed by atoms with Crippen molar-refractivity contribution in [1.29, 1.82) is 0 Å². The summed E-state index contributed by atoms with van der Waals surface area (Å²) in [6.07, 6.45) is 1.93. The Hall–Kier alpha value is -5.00. The van der Waals surface area contributed by atoms with Crippen molar-refractivity contribution in [3.63, 3.8) is 0 Å². The zero-order valence-corrected chi connectivity index (χ0v) is 33.8. The van der Waals surface area contributed by atoms with Crippen molar-refractivity contribution < 1.29 is 31.7 Å². The summed E-state index contributed by atoms with van der Waals surface area (Å²) in [5.74, 6) is -0.271. The normalized spacial score (nSPS) is 12.3. The molecule has 3 heterocycles. The van der Waals surface area contributed by atoms with E-state index in [0.717, 1.165) is 33.2 Å². The minimum absolute atomic E-state index is 0. The molecule has 0 fully saturated rings. The number of hydrogen-bond donors (Lipinski definition) is 0. The second-order valence-electron chi connectivity index (χ2n) is 14.4. The predicted octanol–water partition coefficient (Wildman–Crippen LogP) is 11.6. The van der Waals surface area contributed by atoms with Gasteiger partial charge < -0.3 is 14.4 Å². The standard InChI is InChI=1S/C33H26NO.C14H15FNSi.Ir/c1-33(2,25-12-7-4-8-13-25)26-16-17-31-29(22-26)27-14-9-15-28(32(27)35-31)30-21-24(18-19-34-30)20-23-10-5-3-6-11-23;1-17(2,3)13-8-9-14(16-10-13)11-4-6-12(15)7-5-11;/h3-14,16-19,21-22H,20H2,1-2H3;4,6-10H,1-3H3;/q2*-1;/i20D2;;. The van der Waals surface area contributed by atoms with Crippen LogP contribution < -0.4 is 5.19 Å². The summed E-state index contributed by atoms with van der Waals surface area (Å²) in [7, 11) is -1.30. The van der Waals surface area contributed by atoms with E-state index in [-0.39, 0.29) is 31.3 Å². The number of pyridine rings is 2. The van der Waals surface area contributed by atoms with Crippen LogP contribution in [0.25, 0.3) is 44.5 Å². The molecule has 5 aromatic carbocycles. The van der Waals surface area contributed by atoms with Crippen molar-refractivity contribution in [3.05, 3.63) is 186 Å². The average molecular weight is 891 g/mol. The Morgan fingerprint density at radius 1 is 0.736 bits per heavy atom. The summed E-state index contributed by atoms with van der Waals surface area (Å²) >= 11 is 0. The second kappa shape index (κ2) is 15.9. The molecule has 8 aromatic rings. The van der Waals surface area contributed by atoms with Gasteiger partial charge in [0.25, 0.3) is 0 Å². The van der Waals surface area contributed by atoms with Crippen molar-refractivity contribution in [2.45, 2.75) is 45.3 Å². The van der Waals surface area contributed by atoms with E-state index in [1.165, 1.54) is 28.4 Å². The summed E-state index contributed by atoms with van der Waals surface area (Å²) in [6, 6.07) is 48.3. The SMILES string of the molecule is C[Si](C)(C)c1ccc(-c2[c-]cc(F)cc2)nc1.[2H]C([2H])(c1ccccc1)c1ccnc(-c2[c-]ccc3c2oc2ccc(C(C)(C)c4ccccc4)cc23)c1.[Ir]. The van der Waals surface area contributed by atoms with Crippen molar-refractivity contribution >= 4 is 35.2 Å². The van der Waals surface area contributed by atoms with Crippen LogP contribution in [0.15, 0.2) is 150 Å². The Kier molecular flexibility index (Phi) is 10.5. The topological polar surface area (TPSA) is 38.9 Å². The fourth-order valence-corrected chi connectivity index (χ4v) is 7.27. The van der Waals surface area contributed by atoms with Crippen molar-refractivity contribution in [3.8, 4) is 22.5 Å². The minimum atomic E-state index is -1.65. The van der Waals surface area contributed by atoms with Crippen LogP contribution in [0.1, 0.15) is 38.8 Å². The molecule has 0 bridgehead atoms. The molecule has 1 radical (unpaired) electrons. The fraction of sp³-hybridized carbons (Fsp3) is 0.149. The van der Waals surface area contributed by atoms with Crippen molar-refractivity contribution in [1.82, 2.24) is 9.97 Å². The number of nitrogens with zero attached hydrogens (tertiary/aromatic N) is 2. The third-order valence-electron chi connectivity index (χ3n) is 9.41. The van der Waals surface area contributed by atoms with E-state index in [0.29, 0.717) is 22.4 Å². The molecule has 0 aliphatic heterocycles. The Labute approximate surface area is 329 Å². The maximum atomic E-state index is 12.8. The van der Waals surface area contributed by atoms with E-state index in [1.54, 1.807) is 36.5 Å². The van der Waals surface area contributed by atoms with Gasteiger partial charge in [-0.25, -0.2) is 0 Å². The van der Waals surface area contributed by atoms with Gasteiger partial charge in [0.05, 0.1) is 13.7 Å². The maximum Gasteiger partial charge on any atom is 0.120 e. The van der Waals surface area contributed by atoms with Gasteiger partial charge in [0, 0.05) is 51.9 Å². The monoisotopic (exact) mass is 891 g/mol. The zero-order valence-electron chi connectivity index (χ0n) is 32.4. The van der Waals surface area contributed by atoms with Crippen molar-refractivity contribution in [2.75, 3.05) is 0 Å². The van der Waals surface area contributed by atoms with Crippen LogP contribution in [-0.4, -0.2) is 18.0 Å². The van der Waals surface area contributed by atoms with Gasteiger partial charge in [-0.3, -0.25) is 4.39 Å². The smallest absolute Gasteiger partial charge is 0.120 e. The van der Waals surface area contributed by atoms with Crippen LogP contribution in [-0.2, 0) is 31.9 Å². The summed E-state index contributed by atoms with van der Waals surface area (Å²) in [6.45, 7) is 11.3. The Morgan fingerprint density at radius 3 is 2.17 bits per heavy atom. The maximum absolute atomic E-state index is 12.8. The number of fused-ring (bicyclic) bond motifs is 3. The number of aromatic nitrogens is 2. The molecule has 0 saturated carbocycles. The largest absolute Gasteiger partial charge is 0.501 e. The second-order valence-corrected chi connectivity index (χ2v) is 19.5. The molecule has 0 aliphatic rings. The number of benzene rings is 5. The summed E-state index contributed by atoms with van der Waals surface area (Å²) in [5.41, 5.74) is 7.97. The summed E-state index contributed by atoms with van der Waals surface area (Å²) < 4.78 is 36.7. The van der Waals surface area contributed by atoms with E-state index >= 15 is 0 Å². The molecule has 8 rings (SSSR count). The first-order valence-corrected chi connectivity index (χ1v) is 20.9. The number of hydrogen-bond acceptors (Lipinski definition) is 3. The van der Waals surface area contributed by atoms with Crippen LogP contribution in [0.4, 0.5) is 4.39 Å². The van der Waals surface area contributed by atoms with Gasteiger partial charge in [-0.15, -0.1) is 48.0 Å². The first kappa shape index (κ1) is 35.0. The van der Waals surface area contributed by atoms with E-state index in [4.69, 9.17) is 7.16 Å². The quantitative estimate of drug-likeness (QED) is 0.118. The van der Waals surface area contributed by atoms with Crippen molar-refractivity contribution in [2.24, 2.45) is 0 Å². The molecule has 6 heteroatoms. The predicted molar refractivity (Wildman–Crippen MR) is 215 cm³/mol. The molecule has 0 unspecified atom stereocenters. The fourth-order valence-electron chi connectivity index (χ4n) is 6.24. The van der Waals surface area contributed by atoms with Gasteiger partial charge in [0.15, 0.2) is 0 Å². The Bertz CT molecular complexity index is 2530. The number of rotatable bonds is 7. The van der Waals surface area contributed by atoms with Gasteiger partial charge in [-0.05, 0) is 63.4 Å². The third-order valence-corrected chi connectivity index (χ3v) is 11.4. The van der Waals surface area contributed by atoms with Crippen LogP contribution in [0, 0.1) is 17.9 Å². The molecule has 3 aromatic heterocycles. The summed E-state index contributed by atoms with van der Waals surface area (Å²) in [4.78, 5) is 9.00. The molecule has 0 atom stereocenters. The average Bonchev–Trinajstić information content (AvgIpc) is 3.57. The molecule has 53 heavy (non-hydrogen) atoms. The molecular weight excluding hydrogens is 848 g/mol. The number of furan rings is 1. The summed E-state index contributed by atoms with van der Waals surface area (Å²) in [5, 5.41) is 3.36. The molecular formula is C47H41FIrN2OSi-2. The van der Waals surface area contributed by atoms with Gasteiger partial charge >= 0.3 is 0 Å². The molecule has 267 valence electrons. The van der Waals surface area contributed by atoms with E-state index in [9.17, 15) is 4.39 Å². The van der Waals surface area contributed by atoms with E-state index < -0.39 is 14.4 Å². The first-order valence-electron chi connectivity index (χ1n) is 18.4. The van der Waals surface area contributed by atoms with E-state index in [2.05, 4.69) is 98.1 Å². The zero-order chi connectivity index (χ0) is 38.1. The molecule has 0 saturated heterocycles. The molecule has 0 N–H and O–H groups in total. The molecule has 3 nitrogen and oxygen atoms in total. The van der Waals surface area contributed by atoms with E-state index in [1.807, 2.05) is 54.7 Å². The van der Waals surface area contributed by atoms with Crippen LogP contribution in [0.2, 0.25) is 19.6 Å². The molecule has 0 aliphatic carbocycles. The molecule has 0 amide bonds.